The first-order chi connectivity index (χ1) is 9.72. The van der Waals surface area contributed by atoms with E-state index in [1.807, 2.05) is 6.08 Å². The minimum Gasteiger partial charge on any atom is -0.396 e. The molecule has 0 aromatic carbocycles. The van der Waals surface area contributed by atoms with Crippen LogP contribution in [0.5, 0.6) is 0 Å². The number of amides is 1. The third-order valence-electron chi connectivity index (χ3n) is 6.26. The molecule has 0 saturated heterocycles. The predicted octanol–water partition coefficient (Wildman–Crippen LogP) is 2.11. The van der Waals surface area contributed by atoms with E-state index in [9.17, 15) is 4.79 Å². The lowest BCUT2D eigenvalue weighted by Gasteiger charge is -2.53. The second kappa shape index (κ2) is 4.87. The van der Waals surface area contributed by atoms with E-state index in [-0.39, 0.29) is 24.5 Å². The summed E-state index contributed by atoms with van der Waals surface area (Å²) in [7, 11) is 0. The van der Waals surface area contributed by atoms with Gasteiger partial charge in [-0.1, -0.05) is 12.2 Å². The van der Waals surface area contributed by atoms with Crippen LogP contribution in [0.1, 0.15) is 38.5 Å². The van der Waals surface area contributed by atoms with E-state index in [2.05, 4.69) is 11.4 Å². The van der Waals surface area contributed by atoms with Gasteiger partial charge in [-0.2, -0.15) is 0 Å². The van der Waals surface area contributed by atoms with E-state index >= 15 is 0 Å². The van der Waals surface area contributed by atoms with Crippen LogP contribution < -0.4 is 5.32 Å². The van der Waals surface area contributed by atoms with Gasteiger partial charge < -0.3 is 10.4 Å². The lowest BCUT2D eigenvalue weighted by Crippen LogP contribution is -2.52. The van der Waals surface area contributed by atoms with Crippen LogP contribution in [0.4, 0.5) is 0 Å². The van der Waals surface area contributed by atoms with Crippen LogP contribution in [0.3, 0.4) is 0 Å². The molecule has 0 heterocycles. The smallest absolute Gasteiger partial charge is 0.224 e. The van der Waals surface area contributed by atoms with Crippen LogP contribution in [0.2, 0.25) is 0 Å². The molecule has 4 bridgehead atoms. The van der Waals surface area contributed by atoms with Gasteiger partial charge in [0.1, 0.15) is 0 Å². The molecule has 2 N–H and O–H groups in total. The van der Waals surface area contributed by atoms with Crippen molar-refractivity contribution in [1.82, 2.24) is 5.32 Å². The Kier molecular flexibility index (Phi) is 3.13. The fourth-order valence-corrected chi connectivity index (χ4v) is 5.65. The Hall–Kier alpha value is -0.830. The summed E-state index contributed by atoms with van der Waals surface area (Å²) in [6.45, 7) is 0.195. The second-order valence-electron chi connectivity index (χ2n) is 7.63. The molecule has 5 aliphatic rings. The summed E-state index contributed by atoms with van der Waals surface area (Å²) in [6.07, 6.45) is 11.6. The molecular formula is C17H25NO2. The van der Waals surface area contributed by atoms with Crippen LogP contribution in [0, 0.1) is 35.5 Å². The molecule has 3 nitrogen and oxygen atoms in total. The SMILES string of the molecule is O=C(N[C@@H]1C=C[C@H](CO)C1)C1C2CC3CC(C2)CC1C3. The Balaban J connectivity index is 1.41. The standard InChI is InChI=1S/C17H25NO2/c19-9-10-1-2-15(8-10)18-17(20)16-13-4-11-3-12(6-13)7-14(16)5-11/h1-2,10-16,19H,3-9H2,(H,18,20)/t10-,11?,12?,13?,14?,15+,16?/m0/s1. The normalized spacial score (nSPS) is 48.8. The summed E-state index contributed by atoms with van der Waals surface area (Å²) in [5.74, 6) is 3.98. The minimum absolute atomic E-state index is 0.150. The number of aliphatic hydroxyl groups excluding tert-OH is 1. The van der Waals surface area contributed by atoms with Crippen molar-refractivity contribution in [3.8, 4) is 0 Å². The third-order valence-corrected chi connectivity index (χ3v) is 6.26. The molecule has 3 heteroatoms. The Labute approximate surface area is 120 Å². The zero-order valence-electron chi connectivity index (χ0n) is 12.0. The lowest BCUT2D eigenvalue weighted by atomic mass is 9.51. The molecule has 2 atom stereocenters. The molecule has 0 aromatic rings. The molecule has 1 amide bonds. The molecule has 0 aliphatic heterocycles. The van der Waals surface area contributed by atoms with E-state index in [1.54, 1.807) is 0 Å². The number of nitrogens with one attached hydrogen (secondary N) is 1. The van der Waals surface area contributed by atoms with Gasteiger partial charge in [0.05, 0.1) is 0 Å². The van der Waals surface area contributed by atoms with E-state index in [1.165, 1.54) is 32.1 Å². The van der Waals surface area contributed by atoms with Crippen molar-refractivity contribution >= 4 is 5.91 Å². The Morgan fingerprint density at radius 2 is 1.65 bits per heavy atom. The fraction of sp³-hybridized carbons (Fsp3) is 0.824. The first kappa shape index (κ1) is 12.9. The highest BCUT2D eigenvalue weighted by Gasteiger charge is 2.50. The van der Waals surface area contributed by atoms with Crippen LogP contribution in [0.15, 0.2) is 12.2 Å². The summed E-state index contributed by atoms with van der Waals surface area (Å²) in [4.78, 5) is 12.7. The van der Waals surface area contributed by atoms with Gasteiger partial charge in [-0.25, -0.2) is 0 Å². The van der Waals surface area contributed by atoms with Gasteiger partial charge in [-0.15, -0.1) is 0 Å². The predicted molar refractivity (Wildman–Crippen MR) is 76.8 cm³/mol. The highest BCUT2D eigenvalue weighted by molar-refractivity contribution is 5.80. The van der Waals surface area contributed by atoms with Crippen molar-refractivity contribution in [3.05, 3.63) is 12.2 Å². The summed E-state index contributed by atoms with van der Waals surface area (Å²) in [5.41, 5.74) is 0. The van der Waals surface area contributed by atoms with Crippen LogP contribution in [0.25, 0.3) is 0 Å². The van der Waals surface area contributed by atoms with Crippen molar-refractivity contribution in [3.63, 3.8) is 0 Å². The lowest BCUT2D eigenvalue weighted by molar-refractivity contribution is -0.138. The van der Waals surface area contributed by atoms with Gasteiger partial charge in [0.15, 0.2) is 0 Å². The van der Waals surface area contributed by atoms with Crippen molar-refractivity contribution in [2.75, 3.05) is 6.61 Å². The van der Waals surface area contributed by atoms with Crippen molar-refractivity contribution < 1.29 is 9.90 Å². The Morgan fingerprint density at radius 1 is 1.00 bits per heavy atom. The fourth-order valence-electron chi connectivity index (χ4n) is 5.65. The topological polar surface area (TPSA) is 49.3 Å². The van der Waals surface area contributed by atoms with Gasteiger partial charge in [-0.05, 0) is 62.2 Å². The quantitative estimate of drug-likeness (QED) is 0.775. The van der Waals surface area contributed by atoms with Gasteiger partial charge in [-0.3, -0.25) is 4.79 Å². The van der Waals surface area contributed by atoms with Crippen molar-refractivity contribution in [2.45, 2.75) is 44.6 Å². The summed E-state index contributed by atoms with van der Waals surface area (Å²) in [5, 5.41) is 12.4. The Bertz CT molecular complexity index is 403. The van der Waals surface area contributed by atoms with Crippen LogP contribution in [-0.2, 0) is 4.79 Å². The maximum absolute atomic E-state index is 12.7. The van der Waals surface area contributed by atoms with Gasteiger partial charge in [0.25, 0.3) is 0 Å². The molecule has 20 heavy (non-hydrogen) atoms. The van der Waals surface area contributed by atoms with Crippen LogP contribution in [-0.4, -0.2) is 23.7 Å². The van der Waals surface area contributed by atoms with E-state index < -0.39 is 0 Å². The Morgan fingerprint density at radius 3 is 2.20 bits per heavy atom. The zero-order chi connectivity index (χ0) is 13.7. The average Bonchev–Trinajstić information content (AvgIpc) is 2.85. The third kappa shape index (κ3) is 2.11. The van der Waals surface area contributed by atoms with Crippen molar-refractivity contribution in [2.24, 2.45) is 35.5 Å². The number of rotatable bonds is 3. The zero-order valence-corrected chi connectivity index (χ0v) is 12.0. The molecular weight excluding hydrogens is 250 g/mol. The van der Waals surface area contributed by atoms with Gasteiger partial charge in [0, 0.05) is 24.5 Å². The van der Waals surface area contributed by atoms with Crippen molar-refractivity contribution in [1.29, 1.82) is 0 Å². The molecule has 0 unspecified atom stereocenters. The molecule has 0 radical (unpaired) electrons. The monoisotopic (exact) mass is 275 g/mol. The molecule has 5 aliphatic carbocycles. The molecule has 4 fully saturated rings. The first-order valence-electron chi connectivity index (χ1n) is 8.32. The largest absolute Gasteiger partial charge is 0.396 e. The molecule has 0 aromatic heterocycles. The minimum atomic E-state index is 0.150. The maximum Gasteiger partial charge on any atom is 0.224 e. The molecule has 110 valence electrons. The number of aliphatic hydroxyl groups is 1. The number of carbonyl (C=O) groups is 1. The molecule has 5 rings (SSSR count). The molecule has 0 spiro atoms. The summed E-state index contributed by atoms with van der Waals surface area (Å²) in [6, 6.07) is 0.150. The number of hydrogen-bond donors (Lipinski definition) is 2. The first-order valence-corrected chi connectivity index (χ1v) is 8.32. The van der Waals surface area contributed by atoms with Crippen LogP contribution >= 0.6 is 0 Å². The number of hydrogen-bond acceptors (Lipinski definition) is 2. The second-order valence-corrected chi connectivity index (χ2v) is 7.63. The summed E-state index contributed by atoms with van der Waals surface area (Å²) >= 11 is 0. The van der Waals surface area contributed by atoms with E-state index in [4.69, 9.17) is 5.11 Å². The maximum atomic E-state index is 12.7. The molecule has 4 saturated carbocycles. The highest BCUT2D eigenvalue weighted by atomic mass is 16.3. The van der Waals surface area contributed by atoms with E-state index in [0.29, 0.717) is 17.7 Å². The number of carbonyl (C=O) groups excluding carboxylic acids is 1. The average molecular weight is 275 g/mol. The summed E-state index contributed by atoms with van der Waals surface area (Å²) < 4.78 is 0. The van der Waals surface area contributed by atoms with Gasteiger partial charge >= 0.3 is 0 Å². The highest BCUT2D eigenvalue weighted by Crippen LogP contribution is 2.56. The van der Waals surface area contributed by atoms with Gasteiger partial charge in [0.2, 0.25) is 5.91 Å². The van der Waals surface area contributed by atoms with E-state index in [0.717, 1.165) is 18.3 Å².